The van der Waals surface area contributed by atoms with Crippen LogP contribution in [-0.4, -0.2) is 57.9 Å². The molecule has 0 bridgehead atoms. The Hall–Kier alpha value is -2.25. The van der Waals surface area contributed by atoms with Crippen LogP contribution in [0.3, 0.4) is 0 Å². The van der Waals surface area contributed by atoms with Crippen molar-refractivity contribution in [3.8, 4) is 11.5 Å². The van der Waals surface area contributed by atoms with Gasteiger partial charge in [0, 0.05) is 37.4 Å². The van der Waals surface area contributed by atoms with Crippen LogP contribution in [0.1, 0.15) is 31.2 Å². The average molecular weight is 445 g/mol. The third kappa shape index (κ3) is 5.33. The maximum Gasteiger partial charge on any atom is 0.211 e. The van der Waals surface area contributed by atoms with Crippen LogP contribution in [0, 0.1) is 0 Å². The van der Waals surface area contributed by atoms with E-state index in [0.29, 0.717) is 19.6 Å². The summed E-state index contributed by atoms with van der Waals surface area (Å²) in [6, 6.07) is 16.4. The molecule has 0 radical (unpaired) electrons. The van der Waals surface area contributed by atoms with E-state index in [1.807, 2.05) is 24.3 Å². The molecule has 0 N–H and O–H groups in total. The summed E-state index contributed by atoms with van der Waals surface area (Å²) >= 11 is 0. The van der Waals surface area contributed by atoms with Crippen LogP contribution in [0.2, 0.25) is 0 Å². The number of sulfonamides is 1. The molecular weight excluding hydrogens is 412 g/mol. The second-order valence-corrected chi connectivity index (χ2v) is 10.5. The van der Waals surface area contributed by atoms with E-state index in [1.54, 1.807) is 11.4 Å². The Kier molecular flexibility index (Phi) is 6.72. The van der Waals surface area contributed by atoms with Crippen LogP contribution in [0.5, 0.6) is 11.5 Å². The van der Waals surface area contributed by atoms with Crippen molar-refractivity contribution < 1.29 is 17.9 Å². The lowest BCUT2D eigenvalue weighted by molar-refractivity contribution is 0.200. The van der Waals surface area contributed by atoms with Gasteiger partial charge in [0.25, 0.3) is 0 Å². The minimum atomic E-state index is -3.23. The number of anilines is 1. The molecule has 1 saturated heterocycles. The van der Waals surface area contributed by atoms with Gasteiger partial charge in [-0.2, -0.15) is 4.31 Å². The molecule has 0 aromatic heterocycles. The molecule has 2 fully saturated rings. The monoisotopic (exact) mass is 444 g/mol. The van der Waals surface area contributed by atoms with Gasteiger partial charge in [-0.25, -0.2) is 8.42 Å². The Morgan fingerprint density at radius 2 is 1.74 bits per heavy atom. The van der Waals surface area contributed by atoms with Crippen LogP contribution in [0.4, 0.5) is 5.69 Å². The number of methoxy groups -OCH3 is 1. The molecule has 1 aliphatic carbocycles. The zero-order chi connectivity index (χ0) is 21.8. The number of benzene rings is 2. The van der Waals surface area contributed by atoms with Crippen molar-refractivity contribution in [3.05, 3.63) is 54.1 Å². The van der Waals surface area contributed by atoms with E-state index in [0.717, 1.165) is 36.4 Å². The Bertz CT molecular complexity index is 974. The normalized spacial score (nSPS) is 20.7. The van der Waals surface area contributed by atoms with Crippen LogP contribution < -0.4 is 14.4 Å². The van der Waals surface area contributed by atoms with E-state index in [4.69, 9.17) is 9.47 Å². The Morgan fingerprint density at radius 3 is 2.42 bits per heavy atom. The number of hydrogen-bond donors (Lipinski definition) is 0. The minimum absolute atomic E-state index is 0.0404. The van der Waals surface area contributed by atoms with Crippen molar-refractivity contribution in [2.24, 2.45) is 0 Å². The SMILES string of the molecule is COc1ccc(N2CCN(S(C)(=O)=O)CC2Cc2ccccc2)cc1OC1CCCC1. The number of piperazine rings is 1. The van der Waals surface area contributed by atoms with Crippen molar-refractivity contribution in [1.82, 2.24) is 4.31 Å². The van der Waals surface area contributed by atoms with Crippen LogP contribution in [0.25, 0.3) is 0 Å². The highest BCUT2D eigenvalue weighted by atomic mass is 32.2. The molecule has 1 aliphatic heterocycles. The van der Waals surface area contributed by atoms with E-state index >= 15 is 0 Å². The van der Waals surface area contributed by atoms with Crippen LogP contribution in [0.15, 0.2) is 48.5 Å². The van der Waals surface area contributed by atoms with Crippen molar-refractivity contribution in [2.75, 3.05) is 37.9 Å². The van der Waals surface area contributed by atoms with Crippen molar-refractivity contribution in [2.45, 2.75) is 44.2 Å². The lowest BCUT2D eigenvalue weighted by atomic mass is 10.0. The third-order valence-electron chi connectivity index (χ3n) is 6.30. The smallest absolute Gasteiger partial charge is 0.211 e. The molecular formula is C24H32N2O4S. The second kappa shape index (κ2) is 9.49. The van der Waals surface area contributed by atoms with Gasteiger partial charge in [0.1, 0.15) is 0 Å². The van der Waals surface area contributed by atoms with Crippen LogP contribution in [-0.2, 0) is 16.4 Å². The first-order chi connectivity index (χ1) is 14.9. The molecule has 6 nitrogen and oxygen atoms in total. The van der Waals surface area contributed by atoms with E-state index < -0.39 is 10.0 Å². The van der Waals surface area contributed by atoms with Gasteiger partial charge in [0.2, 0.25) is 10.0 Å². The Morgan fingerprint density at radius 1 is 1.00 bits per heavy atom. The van der Waals surface area contributed by atoms with Gasteiger partial charge in [0.05, 0.1) is 19.5 Å². The topological polar surface area (TPSA) is 59.1 Å². The largest absolute Gasteiger partial charge is 0.493 e. The van der Waals surface area contributed by atoms with E-state index in [2.05, 4.69) is 29.2 Å². The molecule has 2 aliphatic rings. The first-order valence-electron chi connectivity index (χ1n) is 11.0. The van der Waals surface area contributed by atoms with Crippen molar-refractivity contribution in [3.63, 3.8) is 0 Å². The molecule has 1 saturated carbocycles. The number of ether oxygens (including phenoxy) is 2. The molecule has 1 heterocycles. The van der Waals surface area contributed by atoms with E-state index in [9.17, 15) is 8.42 Å². The van der Waals surface area contributed by atoms with Gasteiger partial charge in [-0.15, -0.1) is 0 Å². The minimum Gasteiger partial charge on any atom is -0.493 e. The van der Waals surface area contributed by atoms with Crippen molar-refractivity contribution in [1.29, 1.82) is 0 Å². The maximum absolute atomic E-state index is 12.2. The highest BCUT2D eigenvalue weighted by molar-refractivity contribution is 7.88. The average Bonchev–Trinajstić information content (AvgIpc) is 3.27. The summed E-state index contributed by atoms with van der Waals surface area (Å²) in [5, 5.41) is 0. The highest BCUT2D eigenvalue weighted by Gasteiger charge is 2.32. The predicted molar refractivity (Wildman–Crippen MR) is 124 cm³/mol. The summed E-state index contributed by atoms with van der Waals surface area (Å²) in [7, 11) is -1.56. The first kappa shape index (κ1) is 22.0. The lowest BCUT2D eigenvalue weighted by Crippen LogP contribution is -2.55. The quantitative estimate of drug-likeness (QED) is 0.652. The fourth-order valence-electron chi connectivity index (χ4n) is 4.65. The Labute approximate surface area is 185 Å². The van der Waals surface area contributed by atoms with Crippen molar-refractivity contribution >= 4 is 15.7 Å². The fourth-order valence-corrected chi connectivity index (χ4v) is 5.51. The van der Waals surface area contributed by atoms with Gasteiger partial charge in [-0.1, -0.05) is 30.3 Å². The molecule has 4 rings (SSSR count). The number of rotatable bonds is 7. The molecule has 2 aromatic rings. The lowest BCUT2D eigenvalue weighted by Gasteiger charge is -2.42. The zero-order valence-corrected chi connectivity index (χ0v) is 19.2. The summed E-state index contributed by atoms with van der Waals surface area (Å²) < 4.78 is 37.9. The fraction of sp³-hybridized carbons (Fsp3) is 0.500. The third-order valence-corrected chi connectivity index (χ3v) is 7.57. The van der Waals surface area contributed by atoms with Gasteiger partial charge in [-0.05, 0) is 49.8 Å². The molecule has 2 aromatic carbocycles. The summed E-state index contributed by atoms with van der Waals surface area (Å²) in [6.45, 7) is 1.59. The number of hydrogen-bond acceptors (Lipinski definition) is 5. The first-order valence-corrected chi connectivity index (χ1v) is 12.9. The summed E-state index contributed by atoms with van der Waals surface area (Å²) in [5.41, 5.74) is 2.24. The summed E-state index contributed by atoms with van der Waals surface area (Å²) in [4.78, 5) is 2.32. The van der Waals surface area contributed by atoms with Crippen LogP contribution >= 0.6 is 0 Å². The second-order valence-electron chi connectivity index (χ2n) is 8.52. The van der Waals surface area contributed by atoms with Gasteiger partial charge in [0.15, 0.2) is 11.5 Å². The molecule has 7 heteroatoms. The van der Waals surface area contributed by atoms with Gasteiger partial charge in [-0.3, -0.25) is 0 Å². The molecule has 168 valence electrons. The van der Waals surface area contributed by atoms with E-state index in [1.165, 1.54) is 24.7 Å². The molecule has 1 atom stereocenters. The molecule has 0 spiro atoms. The number of nitrogens with zero attached hydrogens (tertiary/aromatic N) is 2. The summed E-state index contributed by atoms with van der Waals surface area (Å²) in [5.74, 6) is 1.51. The summed E-state index contributed by atoms with van der Waals surface area (Å²) in [6.07, 6.45) is 6.89. The van der Waals surface area contributed by atoms with Gasteiger partial charge < -0.3 is 14.4 Å². The standard InChI is InChI=1S/C24H32N2O4S/c1-29-23-13-12-20(17-24(23)30-22-10-6-7-11-22)26-15-14-25(31(2,27)28)18-21(26)16-19-8-4-3-5-9-19/h3-5,8-9,12-13,17,21-22H,6-7,10-11,14-16,18H2,1-2H3. The zero-order valence-electron chi connectivity index (χ0n) is 18.4. The maximum atomic E-state index is 12.2. The molecule has 31 heavy (non-hydrogen) atoms. The van der Waals surface area contributed by atoms with E-state index in [-0.39, 0.29) is 12.1 Å². The highest BCUT2D eigenvalue weighted by Crippen LogP contribution is 2.36. The molecule has 0 amide bonds. The predicted octanol–water partition coefficient (Wildman–Crippen LogP) is 3.71. The van der Waals surface area contributed by atoms with Gasteiger partial charge >= 0.3 is 0 Å². The molecule has 1 unspecified atom stereocenters. The Balaban J connectivity index is 1.61.